The van der Waals surface area contributed by atoms with Gasteiger partial charge in [-0.05, 0) is 55.3 Å². The standard InChI is InChI=1S/C26H24N2O7S/c1-4-32-18-9-7-16(12-21(18)33-5-2)23-17(25(30)31-3)13-27-26-28(23)24(29)22(36-26)11-15-6-8-19-20(10-15)35-14-34-19/h6-13,23H,4-5,14H2,1-3H3/b22-11-/t23-/m1/s1. The molecule has 10 heteroatoms. The van der Waals surface area contributed by atoms with Crippen molar-refractivity contribution in [2.24, 2.45) is 4.99 Å². The molecule has 0 N–H and O–H groups in total. The van der Waals surface area contributed by atoms with Crippen LogP contribution in [0.5, 0.6) is 23.0 Å². The SMILES string of the molecule is CCOc1ccc([C@@H]2C(C(=O)OC)=CN=c3s/c(=C\c4ccc5c(c4)OCO5)c(=O)n32)cc1OCC. The minimum absolute atomic E-state index is 0.170. The number of benzene rings is 2. The van der Waals surface area contributed by atoms with Gasteiger partial charge in [0.2, 0.25) is 6.79 Å². The maximum atomic E-state index is 13.7. The molecule has 0 aliphatic carbocycles. The number of fused-ring (bicyclic) bond motifs is 2. The summed E-state index contributed by atoms with van der Waals surface area (Å²) in [5.74, 6) is 1.83. The molecule has 2 aliphatic heterocycles. The number of thiazole rings is 1. The number of methoxy groups -OCH3 is 1. The molecule has 2 aliphatic rings. The Morgan fingerprint density at radius 3 is 2.67 bits per heavy atom. The highest BCUT2D eigenvalue weighted by molar-refractivity contribution is 7.07. The summed E-state index contributed by atoms with van der Waals surface area (Å²) >= 11 is 1.24. The molecule has 0 bridgehead atoms. The summed E-state index contributed by atoms with van der Waals surface area (Å²) in [6, 6.07) is 10.1. The van der Waals surface area contributed by atoms with Crippen LogP contribution in [-0.4, -0.2) is 37.7 Å². The van der Waals surface area contributed by atoms with E-state index in [2.05, 4.69) is 4.99 Å². The summed E-state index contributed by atoms with van der Waals surface area (Å²) in [4.78, 5) is 31.2. The number of nitrogens with zero attached hydrogens (tertiary/aromatic N) is 2. The molecule has 3 aromatic rings. The highest BCUT2D eigenvalue weighted by atomic mass is 32.1. The third-order valence-electron chi connectivity index (χ3n) is 5.70. The van der Waals surface area contributed by atoms with E-state index in [1.807, 2.05) is 32.0 Å². The molecule has 0 saturated carbocycles. The first-order valence-corrected chi connectivity index (χ1v) is 12.2. The lowest BCUT2D eigenvalue weighted by molar-refractivity contribution is -0.136. The number of ether oxygens (including phenoxy) is 5. The highest BCUT2D eigenvalue weighted by Gasteiger charge is 2.31. The van der Waals surface area contributed by atoms with Crippen LogP contribution in [0.4, 0.5) is 0 Å². The van der Waals surface area contributed by atoms with Gasteiger partial charge in [-0.25, -0.2) is 9.79 Å². The van der Waals surface area contributed by atoms with Crippen molar-refractivity contribution in [2.75, 3.05) is 27.1 Å². The Bertz CT molecular complexity index is 1540. The van der Waals surface area contributed by atoms with Crippen LogP contribution in [0.1, 0.15) is 31.0 Å². The number of hydrogen-bond acceptors (Lipinski definition) is 9. The van der Waals surface area contributed by atoms with Gasteiger partial charge in [0.25, 0.3) is 5.56 Å². The van der Waals surface area contributed by atoms with Crippen LogP contribution in [0, 0.1) is 0 Å². The average molecular weight is 509 g/mol. The monoisotopic (exact) mass is 508 g/mol. The van der Waals surface area contributed by atoms with Crippen LogP contribution in [0.15, 0.2) is 58.0 Å². The number of carbonyl (C=O) groups excluding carboxylic acids is 1. The van der Waals surface area contributed by atoms with E-state index in [1.54, 1.807) is 24.3 Å². The lowest BCUT2D eigenvalue weighted by Gasteiger charge is -2.23. The molecule has 1 atom stereocenters. The second kappa shape index (κ2) is 9.90. The van der Waals surface area contributed by atoms with Gasteiger partial charge in [0, 0.05) is 6.20 Å². The second-order valence-electron chi connectivity index (χ2n) is 7.86. The van der Waals surface area contributed by atoms with Gasteiger partial charge in [-0.2, -0.15) is 0 Å². The molecule has 36 heavy (non-hydrogen) atoms. The Labute approximate surface area is 210 Å². The zero-order valence-electron chi connectivity index (χ0n) is 20.0. The molecular weight excluding hydrogens is 484 g/mol. The number of rotatable bonds is 7. The maximum Gasteiger partial charge on any atom is 0.337 e. The van der Waals surface area contributed by atoms with Crippen molar-refractivity contribution >= 4 is 23.4 Å². The summed E-state index contributed by atoms with van der Waals surface area (Å²) in [6.07, 6.45) is 3.23. The first-order chi connectivity index (χ1) is 17.5. The summed E-state index contributed by atoms with van der Waals surface area (Å²) in [6.45, 7) is 4.84. The molecule has 3 heterocycles. The summed E-state index contributed by atoms with van der Waals surface area (Å²) < 4.78 is 29.3. The van der Waals surface area contributed by atoms with Crippen molar-refractivity contribution in [1.29, 1.82) is 0 Å². The van der Waals surface area contributed by atoms with Gasteiger partial charge in [0.1, 0.15) is 0 Å². The van der Waals surface area contributed by atoms with Crippen molar-refractivity contribution in [1.82, 2.24) is 4.57 Å². The Morgan fingerprint density at radius 1 is 1.11 bits per heavy atom. The number of aromatic nitrogens is 1. The first kappa shape index (κ1) is 23.7. The van der Waals surface area contributed by atoms with Crippen LogP contribution >= 0.6 is 11.3 Å². The van der Waals surface area contributed by atoms with E-state index in [1.165, 1.54) is 29.2 Å². The minimum Gasteiger partial charge on any atom is -0.490 e. The van der Waals surface area contributed by atoms with Crippen molar-refractivity contribution in [2.45, 2.75) is 19.9 Å². The maximum absolute atomic E-state index is 13.7. The van der Waals surface area contributed by atoms with Gasteiger partial charge in [-0.1, -0.05) is 23.5 Å². The van der Waals surface area contributed by atoms with Gasteiger partial charge < -0.3 is 23.7 Å². The molecule has 5 rings (SSSR count). The first-order valence-electron chi connectivity index (χ1n) is 11.4. The zero-order valence-corrected chi connectivity index (χ0v) is 20.8. The average Bonchev–Trinajstić information content (AvgIpc) is 3.48. The quantitative estimate of drug-likeness (QED) is 0.453. The van der Waals surface area contributed by atoms with Crippen LogP contribution in [-0.2, 0) is 9.53 Å². The smallest absolute Gasteiger partial charge is 0.337 e. The third-order valence-corrected chi connectivity index (χ3v) is 6.70. The Morgan fingerprint density at radius 2 is 1.89 bits per heavy atom. The van der Waals surface area contributed by atoms with E-state index in [-0.39, 0.29) is 17.9 Å². The molecular formula is C26H24N2O7S. The second-order valence-corrected chi connectivity index (χ2v) is 8.87. The molecule has 0 saturated heterocycles. The van der Waals surface area contributed by atoms with Crippen molar-refractivity contribution < 1.29 is 28.5 Å². The lowest BCUT2D eigenvalue weighted by atomic mass is 9.97. The van der Waals surface area contributed by atoms with E-state index in [4.69, 9.17) is 23.7 Å². The van der Waals surface area contributed by atoms with E-state index in [0.717, 1.165) is 5.56 Å². The summed E-state index contributed by atoms with van der Waals surface area (Å²) in [7, 11) is 1.30. The van der Waals surface area contributed by atoms with Crippen LogP contribution in [0.25, 0.3) is 6.08 Å². The van der Waals surface area contributed by atoms with E-state index in [0.29, 0.717) is 51.1 Å². The fourth-order valence-electron chi connectivity index (χ4n) is 4.14. The fourth-order valence-corrected chi connectivity index (χ4v) is 5.11. The van der Waals surface area contributed by atoms with Crippen molar-refractivity contribution in [3.8, 4) is 23.0 Å². The van der Waals surface area contributed by atoms with Crippen molar-refractivity contribution in [3.05, 3.63) is 79.0 Å². The molecule has 0 fully saturated rings. The summed E-state index contributed by atoms with van der Waals surface area (Å²) in [5, 5.41) is 0. The van der Waals surface area contributed by atoms with E-state index in [9.17, 15) is 9.59 Å². The van der Waals surface area contributed by atoms with E-state index < -0.39 is 12.0 Å². The molecule has 0 unspecified atom stereocenters. The van der Waals surface area contributed by atoms with Crippen LogP contribution < -0.4 is 33.8 Å². The third kappa shape index (κ3) is 4.24. The van der Waals surface area contributed by atoms with E-state index >= 15 is 0 Å². The minimum atomic E-state index is -0.748. The predicted molar refractivity (Wildman–Crippen MR) is 133 cm³/mol. The van der Waals surface area contributed by atoms with Gasteiger partial charge in [-0.15, -0.1) is 0 Å². The Kier molecular flexibility index (Phi) is 6.51. The zero-order chi connectivity index (χ0) is 25.2. The molecule has 1 aromatic heterocycles. The highest BCUT2D eigenvalue weighted by Crippen LogP contribution is 2.35. The molecule has 2 aromatic carbocycles. The molecule has 0 radical (unpaired) electrons. The number of carbonyl (C=O) groups is 1. The molecule has 0 spiro atoms. The number of esters is 1. The normalized spacial score (nSPS) is 16.1. The Hall–Kier alpha value is -4.05. The Balaban J connectivity index is 1.65. The molecule has 0 amide bonds. The van der Waals surface area contributed by atoms with Crippen molar-refractivity contribution in [3.63, 3.8) is 0 Å². The van der Waals surface area contributed by atoms with Gasteiger partial charge in [-0.3, -0.25) is 9.36 Å². The topological polar surface area (TPSA) is 97.6 Å². The predicted octanol–water partition coefficient (Wildman–Crippen LogP) is 2.54. The lowest BCUT2D eigenvalue weighted by Crippen LogP contribution is -2.39. The fraction of sp³-hybridized carbons (Fsp3) is 0.269. The van der Waals surface area contributed by atoms with Crippen LogP contribution in [0.3, 0.4) is 0 Å². The number of hydrogen-bond donors (Lipinski definition) is 0. The molecule has 9 nitrogen and oxygen atoms in total. The molecule has 186 valence electrons. The van der Waals surface area contributed by atoms with Gasteiger partial charge >= 0.3 is 5.97 Å². The van der Waals surface area contributed by atoms with Crippen LogP contribution in [0.2, 0.25) is 0 Å². The van der Waals surface area contributed by atoms with Gasteiger partial charge in [0.05, 0.1) is 36.5 Å². The largest absolute Gasteiger partial charge is 0.490 e. The van der Waals surface area contributed by atoms with Gasteiger partial charge in [0.15, 0.2) is 27.8 Å². The summed E-state index contributed by atoms with van der Waals surface area (Å²) in [5.41, 5.74) is 1.42.